The Morgan fingerprint density at radius 1 is 1.45 bits per heavy atom. The summed E-state index contributed by atoms with van der Waals surface area (Å²) in [5, 5.41) is 0. The van der Waals surface area contributed by atoms with E-state index in [0.717, 1.165) is 29.3 Å². The summed E-state index contributed by atoms with van der Waals surface area (Å²) in [6.07, 6.45) is 2.68. The van der Waals surface area contributed by atoms with Crippen molar-refractivity contribution in [2.24, 2.45) is 5.73 Å². The van der Waals surface area contributed by atoms with Gasteiger partial charge in [0, 0.05) is 6.04 Å². The lowest BCUT2D eigenvalue weighted by atomic mass is 10.1. The van der Waals surface area contributed by atoms with Gasteiger partial charge in [-0.1, -0.05) is 19.4 Å². The van der Waals surface area contributed by atoms with Crippen molar-refractivity contribution < 1.29 is 14.3 Å². The van der Waals surface area contributed by atoms with Crippen LogP contribution >= 0.6 is 15.9 Å². The molecular formula is C15H22BrNO3. The van der Waals surface area contributed by atoms with Crippen molar-refractivity contribution in [1.29, 1.82) is 0 Å². The number of ether oxygens (including phenoxy) is 2. The number of nitrogens with two attached hydrogens (primary N) is 1. The first-order valence-electron chi connectivity index (χ1n) is 6.85. The van der Waals surface area contributed by atoms with Crippen LogP contribution in [0, 0.1) is 0 Å². The van der Waals surface area contributed by atoms with Crippen molar-refractivity contribution in [3.8, 4) is 5.75 Å². The number of unbranched alkanes of at least 4 members (excludes halogenated alkanes) is 1. The molecule has 4 nitrogen and oxygen atoms in total. The number of esters is 1. The zero-order valence-electron chi connectivity index (χ0n) is 12.0. The van der Waals surface area contributed by atoms with E-state index < -0.39 is 0 Å². The lowest BCUT2D eigenvalue weighted by Gasteiger charge is -2.10. The van der Waals surface area contributed by atoms with Crippen molar-refractivity contribution in [3.63, 3.8) is 0 Å². The Bertz CT molecular complexity index is 435. The van der Waals surface area contributed by atoms with Crippen molar-refractivity contribution in [2.75, 3.05) is 13.2 Å². The van der Waals surface area contributed by atoms with Gasteiger partial charge in [-0.3, -0.25) is 0 Å². The number of carbonyl (C=O) groups excluding carboxylic acids is 1. The van der Waals surface area contributed by atoms with E-state index in [2.05, 4.69) is 15.9 Å². The minimum Gasteiger partial charge on any atom is -0.481 e. The molecule has 1 aromatic rings. The zero-order chi connectivity index (χ0) is 15.0. The topological polar surface area (TPSA) is 61.5 Å². The molecule has 0 saturated carbocycles. The smallest absolute Gasteiger partial charge is 0.344 e. The van der Waals surface area contributed by atoms with Gasteiger partial charge in [0.05, 0.1) is 11.1 Å². The van der Waals surface area contributed by atoms with Gasteiger partial charge in [-0.15, -0.1) is 0 Å². The molecule has 112 valence electrons. The van der Waals surface area contributed by atoms with Crippen molar-refractivity contribution >= 4 is 21.9 Å². The zero-order valence-corrected chi connectivity index (χ0v) is 13.6. The number of hydrogen-bond acceptors (Lipinski definition) is 4. The predicted octanol–water partition coefficient (Wildman–Crippen LogP) is 3.06. The Labute approximate surface area is 128 Å². The van der Waals surface area contributed by atoms with Crippen LogP contribution in [0.5, 0.6) is 5.75 Å². The minimum absolute atomic E-state index is 0.0745. The first-order chi connectivity index (χ1) is 9.52. The van der Waals surface area contributed by atoms with Gasteiger partial charge in [0.15, 0.2) is 6.61 Å². The molecule has 2 N–H and O–H groups in total. The average molecular weight is 344 g/mol. The van der Waals surface area contributed by atoms with Gasteiger partial charge in [-0.2, -0.15) is 0 Å². The highest BCUT2D eigenvalue weighted by Gasteiger charge is 2.08. The van der Waals surface area contributed by atoms with Crippen LogP contribution in [0.3, 0.4) is 0 Å². The van der Waals surface area contributed by atoms with E-state index in [0.29, 0.717) is 12.4 Å². The van der Waals surface area contributed by atoms with Crippen LogP contribution in [0.25, 0.3) is 0 Å². The maximum Gasteiger partial charge on any atom is 0.344 e. The third-order valence-corrected chi connectivity index (χ3v) is 3.28. The molecule has 20 heavy (non-hydrogen) atoms. The van der Waals surface area contributed by atoms with E-state index in [-0.39, 0.29) is 18.6 Å². The molecule has 0 saturated heterocycles. The summed E-state index contributed by atoms with van der Waals surface area (Å²) in [6, 6.07) is 5.86. The summed E-state index contributed by atoms with van der Waals surface area (Å²) in [6.45, 7) is 4.39. The van der Waals surface area contributed by atoms with Gasteiger partial charge in [0.2, 0.25) is 0 Å². The normalized spacial score (nSPS) is 12.0. The largest absolute Gasteiger partial charge is 0.481 e. The Morgan fingerprint density at radius 2 is 2.20 bits per heavy atom. The fourth-order valence-corrected chi connectivity index (χ4v) is 2.21. The Morgan fingerprint density at radius 3 is 2.80 bits per heavy atom. The molecule has 0 radical (unpaired) electrons. The van der Waals surface area contributed by atoms with Crippen LogP contribution in [-0.4, -0.2) is 25.2 Å². The third kappa shape index (κ3) is 6.39. The summed E-state index contributed by atoms with van der Waals surface area (Å²) in [5.74, 6) is 0.288. The van der Waals surface area contributed by atoms with Gasteiger partial charge in [0.1, 0.15) is 5.75 Å². The Kier molecular flexibility index (Phi) is 7.62. The van der Waals surface area contributed by atoms with Crippen molar-refractivity contribution in [2.45, 2.75) is 39.2 Å². The summed E-state index contributed by atoms with van der Waals surface area (Å²) < 4.78 is 11.3. The fourth-order valence-electron chi connectivity index (χ4n) is 1.67. The number of halogens is 1. The third-order valence-electron chi connectivity index (χ3n) is 2.66. The Balaban J connectivity index is 2.46. The van der Waals surface area contributed by atoms with E-state index in [9.17, 15) is 4.79 Å². The number of carbonyl (C=O) groups is 1. The molecule has 1 unspecified atom stereocenters. The van der Waals surface area contributed by atoms with Crippen LogP contribution in [0.1, 0.15) is 32.3 Å². The summed E-state index contributed by atoms with van der Waals surface area (Å²) in [7, 11) is 0. The molecule has 0 amide bonds. The first kappa shape index (κ1) is 17.0. The van der Waals surface area contributed by atoms with E-state index in [1.54, 1.807) is 0 Å². The molecule has 0 bridgehead atoms. The van der Waals surface area contributed by atoms with Gasteiger partial charge in [-0.25, -0.2) is 4.79 Å². The maximum absolute atomic E-state index is 11.4. The second-order valence-electron chi connectivity index (χ2n) is 4.81. The fraction of sp³-hybridized carbons (Fsp3) is 0.533. The minimum atomic E-state index is -0.343. The Hall–Kier alpha value is -1.07. The molecule has 5 heteroatoms. The highest BCUT2D eigenvalue weighted by Crippen LogP contribution is 2.26. The second kappa shape index (κ2) is 8.97. The highest BCUT2D eigenvalue weighted by molar-refractivity contribution is 9.10. The molecule has 0 aliphatic carbocycles. The molecule has 1 atom stereocenters. The molecular weight excluding hydrogens is 322 g/mol. The molecule has 0 heterocycles. The number of hydrogen-bond donors (Lipinski definition) is 1. The lowest BCUT2D eigenvalue weighted by Crippen LogP contribution is -2.18. The van der Waals surface area contributed by atoms with Crippen LogP contribution in [0.2, 0.25) is 0 Å². The van der Waals surface area contributed by atoms with Crippen LogP contribution in [0.4, 0.5) is 0 Å². The first-order valence-corrected chi connectivity index (χ1v) is 7.64. The van der Waals surface area contributed by atoms with E-state index in [1.165, 1.54) is 0 Å². The van der Waals surface area contributed by atoms with Crippen LogP contribution < -0.4 is 10.5 Å². The molecule has 1 rings (SSSR count). The van der Waals surface area contributed by atoms with Crippen molar-refractivity contribution in [1.82, 2.24) is 0 Å². The van der Waals surface area contributed by atoms with E-state index >= 15 is 0 Å². The number of benzene rings is 1. The van der Waals surface area contributed by atoms with Crippen molar-refractivity contribution in [3.05, 3.63) is 28.2 Å². The molecule has 0 fully saturated rings. The van der Waals surface area contributed by atoms with Gasteiger partial charge in [0.25, 0.3) is 0 Å². The molecule has 1 aromatic carbocycles. The molecule has 0 aliphatic heterocycles. The molecule has 0 spiro atoms. The van der Waals surface area contributed by atoms with Crippen LogP contribution in [0.15, 0.2) is 22.7 Å². The SMILES string of the molecule is CCCCOC(=O)COc1ccc(CC(C)N)cc1Br. The van der Waals surface area contributed by atoms with E-state index in [1.807, 2.05) is 32.0 Å². The van der Waals surface area contributed by atoms with Crippen LogP contribution in [-0.2, 0) is 16.0 Å². The monoisotopic (exact) mass is 343 g/mol. The van der Waals surface area contributed by atoms with E-state index in [4.69, 9.17) is 15.2 Å². The standard InChI is InChI=1S/C15H22BrNO3/c1-3-4-7-19-15(18)10-20-14-6-5-12(8-11(2)17)9-13(14)16/h5-6,9,11H,3-4,7-8,10,17H2,1-2H3. The second-order valence-corrected chi connectivity index (χ2v) is 5.66. The molecule has 0 aromatic heterocycles. The summed E-state index contributed by atoms with van der Waals surface area (Å²) in [5.41, 5.74) is 6.89. The number of rotatable bonds is 8. The predicted molar refractivity (Wildman–Crippen MR) is 82.9 cm³/mol. The highest BCUT2D eigenvalue weighted by atomic mass is 79.9. The van der Waals surface area contributed by atoms with Gasteiger partial charge in [-0.05, 0) is 53.4 Å². The maximum atomic E-state index is 11.4. The summed E-state index contributed by atoms with van der Waals surface area (Å²) in [4.78, 5) is 11.4. The average Bonchev–Trinajstić information content (AvgIpc) is 2.37. The molecule has 0 aliphatic rings. The lowest BCUT2D eigenvalue weighted by molar-refractivity contribution is -0.146. The quantitative estimate of drug-likeness (QED) is 0.582. The van der Waals surface area contributed by atoms with Gasteiger partial charge >= 0.3 is 5.97 Å². The summed E-state index contributed by atoms with van der Waals surface area (Å²) >= 11 is 3.43. The van der Waals surface area contributed by atoms with Gasteiger partial charge < -0.3 is 15.2 Å².